The van der Waals surface area contributed by atoms with E-state index in [1.54, 1.807) is 20.2 Å². The van der Waals surface area contributed by atoms with E-state index in [1.165, 1.54) is 4.68 Å². The first kappa shape index (κ1) is 19.3. The Bertz CT molecular complexity index is 666. The molecular weight excluding hydrogens is 337 g/mol. The molecule has 2 heterocycles. The lowest BCUT2D eigenvalue weighted by molar-refractivity contribution is -0.154. The van der Waals surface area contributed by atoms with E-state index in [9.17, 15) is 13.2 Å². The Morgan fingerprint density at radius 3 is 2.68 bits per heavy atom. The molecule has 0 aromatic carbocycles. The first-order valence-electron chi connectivity index (χ1n) is 7.81. The largest absolute Gasteiger partial charge is 0.468 e. The smallest absolute Gasteiger partial charge is 0.422 e. The van der Waals surface area contributed by atoms with Crippen LogP contribution in [0, 0.1) is 6.92 Å². The van der Waals surface area contributed by atoms with Crippen molar-refractivity contribution >= 4 is 0 Å². The second-order valence-corrected chi connectivity index (χ2v) is 6.02. The lowest BCUT2D eigenvalue weighted by atomic mass is 10.2. The number of rotatable bonds is 8. The molecule has 0 saturated heterocycles. The van der Waals surface area contributed by atoms with Gasteiger partial charge in [0.25, 0.3) is 0 Å². The normalized spacial score (nSPS) is 13.4. The molecule has 0 aliphatic heterocycles. The molecule has 1 N–H and O–H groups in total. The zero-order valence-corrected chi connectivity index (χ0v) is 14.7. The zero-order chi connectivity index (χ0) is 18.6. The summed E-state index contributed by atoms with van der Waals surface area (Å²) in [4.78, 5) is 2.00. The molecule has 2 aromatic heterocycles. The van der Waals surface area contributed by atoms with Crippen LogP contribution >= 0.6 is 0 Å². The Hall–Kier alpha value is -2.00. The molecule has 6 nitrogen and oxygen atoms in total. The Labute approximate surface area is 144 Å². The van der Waals surface area contributed by atoms with E-state index < -0.39 is 12.8 Å². The molecule has 25 heavy (non-hydrogen) atoms. The number of alkyl halides is 3. The van der Waals surface area contributed by atoms with Gasteiger partial charge in [-0.25, -0.2) is 4.68 Å². The highest BCUT2D eigenvalue weighted by Crippen LogP contribution is 2.25. The van der Waals surface area contributed by atoms with Crippen molar-refractivity contribution in [2.24, 2.45) is 7.05 Å². The van der Waals surface area contributed by atoms with Gasteiger partial charge in [0.1, 0.15) is 5.76 Å². The lowest BCUT2D eigenvalue weighted by Gasteiger charge is -2.22. The molecule has 1 atom stereocenters. The summed E-state index contributed by atoms with van der Waals surface area (Å²) in [6.45, 7) is 1.31. The van der Waals surface area contributed by atoms with Gasteiger partial charge < -0.3 is 14.5 Å². The van der Waals surface area contributed by atoms with Gasteiger partial charge in [-0.2, -0.15) is 18.3 Å². The minimum Gasteiger partial charge on any atom is -0.468 e. The van der Waals surface area contributed by atoms with Crippen molar-refractivity contribution in [3.05, 3.63) is 35.4 Å². The van der Waals surface area contributed by atoms with E-state index in [-0.39, 0.29) is 11.9 Å². The van der Waals surface area contributed by atoms with E-state index in [4.69, 9.17) is 9.15 Å². The number of nitrogens with one attached hydrogen (secondary N) is 1. The maximum Gasteiger partial charge on any atom is 0.422 e. The summed E-state index contributed by atoms with van der Waals surface area (Å²) >= 11 is 0. The van der Waals surface area contributed by atoms with E-state index in [2.05, 4.69) is 10.4 Å². The first-order chi connectivity index (χ1) is 11.7. The third kappa shape index (κ3) is 5.23. The number of ether oxygens (including phenoxy) is 1. The molecule has 0 aliphatic rings. The maximum atomic E-state index is 12.4. The van der Waals surface area contributed by atoms with Gasteiger partial charge in [-0.1, -0.05) is 0 Å². The average Bonchev–Trinajstić information content (AvgIpc) is 3.09. The van der Waals surface area contributed by atoms with Crippen molar-refractivity contribution in [3.63, 3.8) is 0 Å². The van der Waals surface area contributed by atoms with Crippen molar-refractivity contribution in [3.8, 4) is 5.88 Å². The minimum atomic E-state index is -4.39. The molecule has 0 bridgehead atoms. The summed E-state index contributed by atoms with van der Waals surface area (Å²) < 4.78 is 49.0. The Morgan fingerprint density at radius 2 is 2.12 bits per heavy atom. The number of aryl methyl sites for hydroxylation is 2. The summed E-state index contributed by atoms with van der Waals surface area (Å²) in [6, 6.07) is 3.71. The monoisotopic (exact) mass is 360 g/mol. The average molecular weight is 360 g/mol. The Balaban J connectivity index is 2.02. The molecule has 1 unspecified atom stereocenters. The van der Waals surface area contributed by atoms with Crippen LogP contribution in [0.1, 0.15) is 23.1 Å². The lowest BCUT2D eigenvalue weighted by Crippen LogP contribution is -2.30. The van der Waals surface area contributed by atoms with Crippen LogP contribution in [0.15, 0.2) is 22.8 Å². The molecular formula is C16H23F3N4O2. The van der Waals surface area contributed by atoms with E-state index >= 15 is 0 Å². The number of halogens is 3. The Kier molecular flexibility index (Phi) is 6.12. The van der Waals surface area contributed by atoms with Crippen LogP contribution in [-0.4, -0.2) is 48.1 Å². The number of nitrogens with zero attached hydrogens (tertiary/aromatic N) is 3. The van der Waals surface area contributed by atoms with Gasteiger partial charge >= 0.3 is 6.18 Å². The number of aromatic nitrogens is 2. The van der Waals surface area contributed by atoms with Crippen LogP contribution in [0.2, 0.25) is 0 Å². The van der Waals surface area contributed by atoms with Crippen LogP contribution < -0.4 is 10.1 Å². The summed E-state index contributed by atoms with van der Waals surface area (Å²) in [5, 5.41) is 7.40. The molecule has 0 spiro atoms. The van der Waals surface area contributed by atoms with Gasteiger partial charge in [-0.3, -0.25) is 4.90 Å². The topological polar surface area (TPSA) is 55.5 Å². The quantitative estimate of drug-likeness (QED) is 0.784. The standard InChI is InChI=1S/C16H23F3N4O2/c1-11-12(15(23(4)21-11)25-10-16(17,18)19)8-20-9-13(22(2)3)14-6-5-7-24-14/h5-7,13,20H,8-10H2,1-4H3. The third-order valence-electron chi connectivity index (χ3n) is 3.80. The van der Waals surface area contributed by atoms with Crippen LogP contribution in [0.4, 0.5) is 13.2 Å². The predicted octanol–water partition coefficient (Wildman–Crippen LogP) is 2.66. The molecule has 0 amide bonds. The third-order valence-corrected chi connectivity index (χ3v) is 3.80. The van der Waals surface area contributed by atoms with Crippen molar-refractivity contribution in [1.29, 1.82) is 0 Å². The fraction of sp³-hybridized carbons (Fsp3) is 0.562. The minimum absolute atomic E-state index is 0.00604. The van der Waals surface area contributed by atoms with E-state index in [0.29, 0.717) is 24.3 Å². The molecule has 0 aliphatic carbocycles. The van der Waals surface area contributed by atoms with Crippen LogP contribution in [0.5, 0.6) is 5.88 Å². The summed E-state index contributed by atoms with van der Waals surface area (Å²) in [5.41, 5.74) is 1.25. The van der Waals surface area contributed by atoms with Gasteiger partial charge in [-0.15, -0.1) is 0 Å². The van der Waals surface area contributed by atoms with Gasteiger partial charge in [0, 0.05) is 20.1 Å². The van der Waals surface area contributed by atoms with Gasteiger partial charge in [0.05, 0.1) is 23.6 Å². The van der Waals surface area contributed by atoms with E-state index in [0.717, 1.165) is 5.76 Å². The summed E-state index contributed by atoms with van der Waals surface area (Å²) in [5.74, 6) is 0.940. The highest BCUT2D eigenvalue weighted by atomic mass is 19.4. The molecule has 0 fully saturated rings. The Morgan fingerprint density at radius 1 is 1.40 bits per heavy atom. The fourth-order valence-electron chi connectivity index (χ4n) is 2.57. The molecule has 0 saturated carbocycles. The number of likely N-dealkylation sites (N-methyl/N-ethyl adjacent to an activating group) is 1. The van der Waals surface area contributed by atoms with Crippen LogP contribution in [0.3, 0.4) is 0 Å². The molecule has 2 rings (SSSR count). The van der Waals surface area contributed by atoms with E-state index in [1.807, 2.05) is 31.1 Å². The molecule has 0 radical (unpaired) electrons. The fourth-order valence-corrected chi connectivity index (χ4v) is 2.57. The van der Waals surface area contributed by atoms with Crippen molar-refractivity contribution in [1.82, 2.24) is 20.0 Å². The molecule has 9 heteroatoms. The summed E-state index contributed by atoms with van der Waals surface area (Å²) in [6.07, 6.45) is -2.78. The SMILES string of the molecule is Cc1nn(C)c(OCC(F)(F)F)c1CNCC(c1ccco1)N(C)C. The van der Waals surface area contributed by atoms with Crippen molar-refractivity contribution < 1.29 is 22.3 Å². The van der Waals surface area contributed by atoms with Crippen LogP contribution in [-0.2, 0) is 13.6 Å². The summed E-state index contributed by atoms with van der Waals surface area (Å²) in [7, 11) is 5.43. The number of furan rings is 1. The number of hydrogen-bond donors (Lipinski definition) is 1. The highest BCUT2D eigenvalue weighted by Gasteiger charge is 2.30. The van der Waals surface area contributed by atoms with Gasteiger partial charge in [-0.05, 0) is 33.2 Å². The highest BCUT2D eigenvalue weighted by molar-refractivity contribution is 5.31. The predicted molar refractivity (Wildman–Crippen MR) is 86.3 cm³/mol. The number of hydrogen-bond acceptors (Lipinski definition) is 5. The second kappa shape index (κ2) is 7.92. The first-order valence-corrected chi connectivity index (χ1v) is 7.81. The zero-order valence-electron chi connectivity index (χ0n) is 14.7. The van der Waals surface area contributed by atoms with Gasteiger partial charge in [0.15, 0.2) is 6.61 Å². The molecule has 2 aromatic rings. The van der Waals surface area contributed by atoms with Crippen molar-refractivity contribution in [2.45, 2.75) is 25.7 Å². The second-order valence-electron chi connectivity index (χ2n) is 6.02. The van der Waals surface area contributed by atoms with Crippen LogP contribution in [0.25, 0.3) is 0 Å². The van der Waals surface area contributed by atoms with Gasteiger partial charge in [0.2, 0.25) is 5.88 Å². The maximum absolute atomic E-state index is 12.4. The van der Waals surface area contributed by atoms with Crippen molar-refractivity contribution in [2.75, 3.05) is 27.2 Å². The molecule has 140 valence electrons.